The number of morpholine rings is 1. The van der Waals surface area contributed by atoms with Gasteiger partial charge in [-0.1, -0.05) is 0 Å². The molecule has 0 aromatic carbocycles. The van der Waals surface area contributed by atoms with E-state index in [1.807, 2.05) is 0 Å². The van der Waals surface area contributed by atoms with Crippen molar-refractivity contribution in [2.45, 2.75) is 70.4 Å². The minimum absolute atomic E-state index is 0.111. The Bertz CT molecular complexity index is 380. The maximum absolute atomic E-state index is 12.2. The van der Waals surface area contributed by atoms with Crippen LogP contribution in [0.15, 0.2) is 0 Å². The highest BCUT2D eigenvalue weighted by atomic mass is 16.5. The van der Waals surface area contributed by atoms with Crippen LogP contribution >= 0.6 is 0 Å². The summed E-state index contributed by atoms with van der Waals surface area (Å²) in [5.74, 6) is 0.320. The molecule has 126 valence electrons. The first-order valence-electron chi connectivity index (χ1n) is 8.93. The molecule has 3 heterocycles. The van der Waals surface area contributed by atoms with Gasteiger partial charge in [-0.05, 0) is 52.5 Å². The predicted molar refractivity (Wildman–Crippen MR) is 84.7 cm³/mol. The van der Waals surface area contributed by atoms with Crippen molar-refractivity contribution in [3.05, 3.63) is 0 Å². The molecule has 5 nitrogen and oxygen atoms in total. The van der Waals surface area contributed by atoms with Crippen molar-refractivity contribution in [2.24, 2.45) is 5.92 Å². The molecule has 3 rings (SSSR count). The first kappa shape index (κ1) is 16.2. The van der Waals surface area contributed by atoms with Gasteiger partial charge in [-0.3, -0.25) is 9.69 Å². The van der Waals surface area contributed by atoms with Crippen LogP contribution in [0.4, 0.5) is 0 Å². The molecule has 0 aliphatic carbocycles. The smallest absolute Gasteiger partial charge is 0.225 e. The molecule has 3 aliphatic heterocycles. The van der Waals surface area contributed by atoms with Crippen molar-refractivity contribution in [1.82, 2.24) is 10.2 Å². The number of ether oxygens (including phenoxy) is 2. The molecular weight excluding hydrogens is 280 g/mol. The highest BCUT2D eigenvalue weighted by molar-refractivity contribution is 5.79. The Kier molecular flexibility index (Phi) is 5.37. The third kappa shape index (κ3) is 4.00. The van der Waals surface area contributed by atoms with E-state index in [4.69, 9.17) is 9.47 Å². The van der Waals surface area contributed by atoms with Crippen LogP contribution in [-0.4, -0.2) is 61.4 Å². The SMILES string of the molecule is C[C@@H]1CN(CCCCNC(=O)[C@@H]2C[C@@H]3CC[C@@H]2O3)C[C@H](C)O1. The van der Waals surface area contributed by atoms with Gasteiger partial charge in [0.25, 0.3) is 0 Å². The van der Waals surface area contributed by atoms with Gasteiger partial charge in [-0.25, -0.2) is 0 Å². The van der Waals surface area contributed by atoms with Crippen LogP contribution in [0.2, 0.25) is 0 Å². The van der Waals surface area contributed by atoms with Crippen molar-refractivity contribution in [1.29, 1.82) is 0 Å². The monoisotopic (exact) mass is 310 g/mol. The van der Waals surface area contributed by atoms with E-state index in [1.165, 1.54) is 0 Å². The number of unbranched alkanes of at least 4 members (excludes halogenated alkanes) is 1. The van der Waals surface area contributed by atoms with E-state index >= 15 is 0 Å². The normalized spacial score (nSPS) is 38.4. The minimum atomic E-state index is 0.111. The molecule has 0 radical (unpaired) electrons. The lowest BCUT2D eigenvalue weighted by Gasteiger charge is -2.35. The number of fused-ring (bicyclic) bond motifs is 2. The molecule has 5 heteroatoms. The zero-order valence-corrected chi connectivity index (χ0v) is 13.9. The Morgan fingerprint density at radius 3 is 2.55 bits per heavy atom. The summed E-state index contributed by atoms with van der Waals surface area (Å²) >= 11 is 0. The van der Waals surface area contributed by atoms with Gasteiger partial charge < -0.3 is 14.8 Å². The van der Waals surface area contributed by atoms with Gasteiger partial charge in [0.05, 0.1) is 30.3 Å². The molecule has 0 spiro atoms. The van der Waals surface area contributed by atoms with Gasteiger partial charge in [0, 0.05) is 19.6 Å². The zero-order valence-electron chi connectivity index (χ0n) is 13.9. The lowest BCUT2D eigenvalue weighted by molar-refractivity contribution is -0.126. The molecule has 0 aromatic rings. The summed E-state index contributed by atoms with van der Waals surface area (Å²) in [6.07, 6.45) is 6.54. The molecule has 0 unspecified atom stereocenters. The number of amides is 1. The fraction of sp³-hybridized carbons (Fsp3) is 0.941. The second-order valence-corrected chi connectivity index (χ2v) is 7.23. The molecule has 22 heavy (non-hydrogen) atoms. The van der Waals surface area contributed by atoms with Gasteiger partial charge in [0.15, 0.2) is 0 Å². The van der Waals surface area contributed by atoms with E-state index in [0.29, 0.717) is 18.3 Å². The van der Waals surface area contributed by atoms with Crippen LogP contribution in [0.1, 0.15) is 46.0 Å². The van der Waals surface area contributed by atoms with Crippen LogP contribution in [0.5, 0.6) is 0 Å². The molecular formula is C17H30N2O3. The molecule has 2 bridgehead atoms. The summed E-state index contributed by atoms with van der Waals surface area (Å²) in [4.78, 5) is 14.6. The largest absolute Gasteiger partial charge is 0.374 e. The van der Waals surface area contributed by atoms with Crippen LogP contribution < -0.4 is 5.32 Å². The number of rotatable bonds is 6. The van der Waals surface area contributed by atoms with E-state index in [1.54, 1.807) is 0 Å². The molecule has 1 N–H and O–H groups in total. The van der Waals surface area contributed by atoms with Crippen LogP contribution in [-0.2, 0) is 14.3 Å². The van der Waals surface area contributed by atoms with Gasteiger partial charge >= 0.3 is 0 Å². The summed E-state index contributed by atoms with van der Waals surface area (Å²) in [6.45, 7) is 8.23. The second kappa shape index (κ2) is 7.28. The number of carbonyl (C=O) groups excluding carboxylic acids is 1. The average molecular weight is 310 g/mol. The van der Waals surface area contributed by atoms with E-state index in [-0.39, 0.29) is 17.9 Å². The van der Waals surface area contributed by atoms with Gasteiger partial charge in [0.1, 0.15) is 0 Å². The van der Waals surface area contributed by atoms with Crippen molar-refractivity contribution in [3.63, 3.8) is 0 Å². The highest BCUT2D eigenvalue weighted by Gasteiger charge is 2.44. The fourth-order valence-corrected chi connectivity index (χ4v) is 4.18. The Labute approximate surface area is 133 Å². The lowest BCUT2D eigenvalue weighted by Crippen LogP contribution is -2.45. The molecule has 3 saturated heterocycles. The number of hydrogen-bond acceptors (Lipinski definition) is 4. The summed E-state index contributed by atoms with van der Waals surface area (Å²) < 4.78 is 11.5. The maximum atomic E-state index is 12.2. The van der Waals surface area contributed by atoms with Gasteiger partial charge in [-0.2, -0.15) is 0 Å². The number of hydrogen-bond donors (Lipinski definition) is 1. The third-order valence-corrected chi connectivity index (χ3v) is 5.14. The molecule has 5 atom stereocenters. The fourth-order valence-electron chi connectivity index (χ4n) is 4.18. The first-order chi connectivity index (χ1) is 10.6. The molecule has 3 aliphatic rings. The lowest BCUT2D eigenvalue weighted by atomic mass is 9.88. The van der Waals surface area contributed by atoms with E-state index in [9.17, 15) is 4.79 Å². The molecule has 1 amide bonds. The van der Waals surface area contributed by atoms with E-state index in [2.05, 4.69) is 24.1 Å². The predicted octanol–water partition coefficient (Wildman–Crippen LogP) is 1.56. The van der Waals surface area contributed by atoms with Crippen LogP contribution in [0, 0.1) is 5.92 Å². The first-order valence-corrected chi connectivity index (χ1v) is 8.93. The number of nitrogens with one attached hydrogen (secondary N) is 1. The molecule has 0 saturated carbocycles. The highest BCUT2D eigenvalue weighted by Crippen LogP contribution is 2.38. The van der Waals surface area contributed by atoms with Gasteiger partial charge in [-0.15, -0.1) is 0 Å². The summed E-state index contributed by atoms with van der Waals surface area (Å²) in [5.41, 5.74) is 0. The Morgan fingerprint density at radius 2 is 1.91 bits per heavy atom. The second-order valence-electron chi connectivity index (χ2n) is 7.23. The zero-order chi connectivity index (χ0) is 15.5. The summed E-state index contributed by atoms with van der Waals surface area (Å²) in [6, 6.07) is 0. The average Bonchev–Trinajstić information content (AvgIpc) is 3.08. The van der Waals surface area contributed by atoms with E-state index < -0.39 is 0 Å². The van der Waals surface area contributed by atoms with Crippen molar-refractivity contribution < 1.29 is 14.3 Å². The number of carbonyl (C=O) groups is 1. The summed E-state index contributed by atoms with van der Waals surface area (Å²) in [7, 11) is 0. The van der Waals surface area contributed by atoms with E-state index in [0.717, 1.165) is 58.3 Å². The summed E-state index contributed by atoms with van der Waals surface area (Å²) in [5, 5.41) is 3.10. The third-order valence-electron chi connectivity index (χ3n) is 5.14. The van der Waals surface area contributed by atoms with Crippen LogP contribution in [0.3, 0.4) is 0 Å². The quantitative estimate of drug-likeness (QED) is 0.757. The van der Waals surface area contributed by atoms with Crippen molar-refractivity contribution in [3.8, 4) is 0 Å². The van der Waals surface area contributed by atoms with Crippen LogP contribution in [0.25, 0.3) is 0 Å². The van der Waals surface area contributed by atoms with Gasteiger partial charge in [0.2, 0.25) is 5.91 Å². The minimum Gasteiger partial charge on any atom is -0.374 e. The molecule has 0 aromatic heterocycles. The maximum Gasteiger partial charge on any atom is 0.225 e. The topological polar surface area (TPSA) is 50.8 Å². The number of nitrogens with zero attached hydrogens (tertiary/aromatic N) is 1. The Hall–Kier alpha value is -0.650. The van der Waals surface area contributed by atoms with Crippen molar-refractivity contribution in [2.75, 3.05) is 26.2 Å². The molecule has 3 fully saturated rings. The standard InChI is InChI=1S/C17H30N2O3/c1-12-10-19(11-13(2)21-12)8-4-3-7-18-17(20)15-9-14-5-6-16(15)22-14/h12-16H,3-11H2,1-2H3,(H,18,20)/t12-,13+,14-,15+,16-/m0/s1. The Balaban J connectivity index is 1.27. The Morgan fingerprint density at radius 1 is 1.14 bits per heavy atom. The van der Waals surface area contributed by atoms with Crippen molar-refractivity contribution >= 4 is 5.91 Å².